The summed E-state index contributed by atoms with van der Waals surface area (Å²) >= 11 is 5.88. The van der Waals surface area contributed by atoms with Crippen molar-refractivity contribution in [1.82, 2.24) is 0 Å². The fourth-order valence-electron chi connectivity index (χ4n) is 2.18. The molecule has 0 spiro atoms. The molecule has 2 atom stereocenters. The molecule has 118 valence electrons. The van der Waals surface area contributed by atoms with Crippen LogP contribution in [0.2, 0.25) is 5.02 Å². The molecular formula is C18H19ClN3O+. The van der Waals surface area contributed by atoms with Gasteiger partial charge in [0.05, 0.1) is 18.7 Å². The molecule has 0 saturated carbocycles. The summed E-state index contributed by atoms with van der Waals surface area (Å²) in [5.41, 5.74) is 2.39. The highest BCUT2D eigenvalue weighted by molar-refractivity contribution is 6.30. The third-order valence-electron chi connectivity index (χ3n) is 3.81. The standard InChI is InChI=1S/C18H18ClN3O/c1-13(22(2)12-15-3-7-16(19)8-4-15)18(23)21-17-9-5-14(11-20)6-10-17/h3-10,13H,12H2,1-2H3,(H,21,23)/p+1/t13-/m1/s1. The number of hydrogen-bond acceptors (Lipinski definition) is 2. The lowest BCUT2D eigenvalue weighted by atomic mass is 10.1. The van der Waals surface area contributed by atoms with E-state index in [-0.39, 0.29) is 11.9 Å². The van der Waals surface area contributed by atoms with Crippen molar-refractivity contribution in [3.63, 3.8) is 0 Å². The smallest absolute Gasteiger partial charge is 0.282 e. The molecule has 0 aliphatic carbocycles. The van der Waals surface area contributed by atoms with Crippen molar-refractivity contribution in [2.24, 2.45) is 0 Å². The second-order valence-corrected chi connectivity index (χ2v) is 5.99. The highest BCUT2D eigenvalue weighted by Crippen LogP contribution is 2.10. The van der Waals surface area contributed by atoms with Gasteiger partial charge in [-0.25, -0.2) is 0 Å². The second kappa shape index (κ2) is 7.77. The molecule has 0 aliphatic rings. The lowest BCUT2D eigenvalue weighted by Crippen LogP contribution is -3.12. The van der Waals surface area contributed by atoms with Gasteiger partial charge >= 0.3 is 0 Å². The zero-order chi connectivity index (χ0) is 16.8. The van der Waals surface area contributed by atoms with E-state index < -0.39 is 0 Å². The number of likely N-dealkylation sites (N-methyl/N-ethyl adjacent to an activating group) is 1. The minimum absolute atomic E-state index is 0.0545. The molecule has 23 heavy (non-hydrogen) atoms. The van der Waals surface area contributed by atoms with Crippen LogP contribution in [0.1, 0.15) is 18.1 Å². The Morgan fingerprint density at radius 3 is 2.39 bits per heavy atom. The van der Waals surface area contributed by atoms with E-state index in [1.807, 2.05) is 38.2 Å². The summed E-state index contributed by atoms with van der Waals surface area (Å²) in [5.74, 6) is -0.0545. The molecule has 1 amide bonds. The van der Waals surface area contributed by atoms with Gasteiger partial charge in [0.2, 0.25) is 0 Å². The van der Waals surface area contributed by atoms with E-state index in [0.29, 0.717) is 16.3 Å². The molecule has 0 aliphatic heterocycles. The molecule has 4 nitrogen and oxygen atoms in total. The molecule has 0 bridgehead atoms. The summed E-state index contributed by atoms with van der Waals surface area (Å²) in [5, 5.41) is 12.4. The highest BCUT2D eigenvalue weighted by atomic mass is 35.5. The van der Waals surface area contributed by atoms with Crippen molar-refractivity contribution in [2.45, 2.75) is 19.5 Å². The number of benzene rings is 2. The van der Waals surface area contributed by atoms with Crippen molar-refractivity contribution in [1.29, 1.82) is 5.26 Å². The van der Waals surface area contributed by atoms with Crippen LogP contribution in [-0.2, 0) is 11.3 Å². The molecule has 2 rings (SSSR count). The quantitative estimate of drug-likeness (QED) is 0.884. The van der Waals surface area contributed by atoms with Gasteiger partial charge in [-0.3, -0.25) is 4.79 Å². The molecule has 2 aromatic carbocycles. The van der Waals surface area contributed by atoms with Crippen LogP contribution in [-0.4, -0.2) is 19.0 Å². The molecule has 1 unspecified atom stereocenters. The summed E-state index contributed by atoms with van der Waals surface area (Å²) in [6.07, 6.45) is 0. The SMILES string of the molecule is C[C@H](C(=O)Nc1ccc(C#N)cc1)[NH+](C)Cc1ccc(Cl)cc1. The molecular weight excluding hydrogens is 310 g/mol. The van der Waals surface area contributed by atoms with E-state index in [2.05, 4.69) is 11.4 Å². The van der Waals surface area contributed by atoms with Crippen LogP contribution >= 0.6 is 11.6 Å². The van der Waals surface area contributed by atoms with Gasteiger partial charge in [0, 0.05) is 16.3 Å². The monoisotopic (exact) mass is 328 g/mol. The zero-order valence-electron chi connectivity index (χ0n) is 13.1. The minimum atomic E-state index is -0.207. The van der Waals surface area contributed by atoms with Crippen LogP contribution < -0.4 is 10.2 Å². The van der Waals surface area contributed by atoms with Crippen molar-refractivity contribution in [2.75, 3.05) is 12.4 Å². The van der Waals surface area contributed by atoms with Crippen LogP contribution in [0.15, 0.2) is 48.5 Å². The van der Waals surface area contributed by atoms with Gasteiger partial charge in [-0.15, -0.1) is 0 Å². The molecule has 5 heteroatoms. The second-order valence-electron chi connectivity index (χ2n) is 5.55. The van der Waals surface area contributed by atoms with Crippen molar-refractivity contribution < 1.29 is 9.69 Å². The summed E-state index contributed by atoms with van der Waals surface area (Å²) in [6, 6.07) is 16.3. The maximum Gasteiger partial charge on any atom is 0.282 e. The van der Waals surface area contributed by atoms with Crippen LogP contribution in [0.5, 0.6) is 0 Å². The Hall–Kier alpha value is -2.35. The van der Waals surface area contributed by atoms with E-state index in [4.69, 9.17) is 16.9 Å². The Morgan fingerprint density at radius 2 is 1.83 bits per heavy atom. The average molecular weight is 329 g/mol. The first kappa shape index (κ1) is 17.0. The van der Waals surface area contributed by atoms with E-state index in [0.717, 1.165) is 17.0 Å². The third-order valence-corrected chi connectivity index (χ3v) is 4.06. The minimum Gasteiger partial charge on any atom is -0.324 e. The van der Waals surface area contributed by atoms with Gasteiger partial charge in [0.25, 0.3) is 5.91 Å². The van der Waals surface area contributed by atoms with Crippen LogP contribution in [0.4, 0.5) is 5.69 Å². The van der Waals surface area contributed by atoms with Gasteiger partial charge in [0.15, 0.2) is 6.04 Å². The van der Waals surface area contributed by atoms with Gasteiger partial charge in [-0.1, -0.05) is 23.7 Å². The largest absolute Gasteiger partial charge is 0.324 e. The van der Waals surface area contributed by atoms with E-state index >= 15 is 0 Å². The van der Waals surface area contributed by atoms with Crippen molar-refractivity contribution in [3.05, 3.63) is 64.7 Å². The number of hydrogen-bond donors (Lipinski definition) is 2. The summed E-state index contributed by atoms with van der Waals surface area (Å²) in [6.45, 7) is 2.63. The van der Waals surface area contributed by atoms with Gasteiger partial charge in [-0.05, 0) is 43.3 Å². The van der Waals surface area contributed by atoms with E-state index in [1.54, 1.807) is 24.3 Å². The first-order valence-electron chi connectivity index (χ1n) is 7.37. The number of nitrogens with one attached hydrogen (secondary N) is 2. The van der Waals surface area contributed by atoms with Gasteiger partial charge in [-0.2, -0.15) is 5.26 Å². The van der Waals surface area contributed by atoms with Gasteiger partial charge in [0.1, 0.15) is 6.54 Å². The first-order valence-corrected chi connectivity index (χ1v) is 7.75. The number of nitrogens with zero attached hydrogens (tertiary/aromatic N) is 1. The number of halogens is 1. The van der Waals surface area contributed by atoms with Crippen LogP contribution in [0.3, 0.4) is 0 Å². The normalized spacial score (nSPS) is 13.0. The van der Waals surface area contributed by atoms with E-state index in [9.17, 15) is 4.79 Å². The fourth-order valence-corrected chi connectivity index (χ4v) is 2.31. The number of quaternary nitrogens is 1. The Labute approximate surface area is 141 Å². The van der Waals surface area contributed by atoms with Crippen LogP contribution in [0, 0.1) is 11.3 Å². The van der Waals surface area contributed by atoms with Gasteiger partial charge < -0.3 is 10.2 Å². The van der Waals surface area contributed by atoms with E-state index in [1.165, 1.54) is 0 Å². The fraction of sp³-hybridized carbons (Fsp3) is 0.222. The number of amides is 1. The topological polar surface area (TPSA) is 57.3 Å². The molecule has 0 fully saturated rings. The lowest BCUT2D eigenvalue weighted by molar-refractivity contribution is -0.907. The van der Waals surface area contributed by atoms with Crippen LogP contribution in [0.25, 0.3) is 0 Å². The number of anilines is 1. The zero-order valence-corrected chi connectivity index (χ0v) is 13.9. The summed E-state index contributed by atoms with van der Waals surface area (Å²) in [4.78, 5) is 13.4. The molecule has 2 N–H and O–H groups in total. The maximum absolute atomic E-state index is 12.3. The Bertz CT molecular complexity index is 705. The van der Waals surface area contributed by atoms with Crippen molar-refractivity contribution >= 4 is 23.2 Å². The summed E-state index contributed by atoms with van der Waals surface area (Å²) < 4.78 is 0. The Kier molecular flexibility index (Phi) is 5.75. The highest BCUT2D eigenvalue weighted by Gasteiger charge is 2.22. The number of nitriles is 1. The Balaban J connectivity index is 1.95. The predicted molar refractivity (Wildman–Crippen MR) is 91.3 cm³/mol. The molecule has 0 aromatic heterocycles. The predicted octanol–water partition coefficient (Wildman–Crippen LogP) is 2.25. The molecule has 0 radical (unpaired) electrons. The average Bonchev–Trinajstić information content (AvgIpc) is 2.56. The summed E-state index contributed by atoms with van der Waals surface area (Å²) in [7, 11) is 1.98. The Morgan fingerprint density at radius 1 is 1.22 bits per heavy atom. The number of carbonyl (C=O) groups is 1. The number of carbonyl (C=O) groups excluding carboxylic acids is 1. The molecule has 0 heterocycles. The third kappa shape index (κ3) is 4.82. The molecule has 0 saturated heterocycles. The maximum atomic E-state index is 12.3. The first-order chi connectivity index (χ1) is 11.0. The number of rotatable bonds is 5. The molecule has 2 aromatic rings. The lowest BCUT2D eigenvalue weighted by Gasteiger charge is -2.21. The van der Waals surface area contributed by atoms with Crippen molar-refractivity contribution in [3.8, 4) is 6.07 Å².